The summed E-state index contributed by atoms with van der Waals surface area (Å²) in [6.07, 6.45) is 4.58. The van der Waals surface area contributed by atoms with E-state index in [9.17, 15) is 5.11 Å². The van der Waals surface area contributed by atoms with Crippen LogP contribution in [0.3, 0.4) is 0 Å². The quantitative estimate of drug-likeness (QED) is 0.880. The maximum Gasteiger partial charge on any atom is 0.0963 e. The van der Waals surface area contributed by atoms with E-state index in [4.69, 9.17) is 4.42 Å². The van der Waals surface area contributed by atoms with Gasteiger partial charge in [0.1, 0.15) is 0 Å². The summed E-state index contributed by atoms with van der Waals surface area (Å²) in [7, 11) is 1.90. The molecule has 4 nitrogen and oxygen atoms in total. The Morgan fingerprint density at radius 1 is 1.53 bits per heavy atom. The highest BCUT2D eigenvalue weighted by molar-refractivity contribution is 5.20. The average Bonchev–Trinajstić information content (AvgIpc) is 2.88. The summed E-state index contributed by atoms with van der Waals surface area (Å²) in [6.45, 7) is 3.86. The van der Waals surface area contributed by atoms with Crippen LogP contribution in [0.4, 0.5) is 0 Å². The molecule has 0 saturated heterocycles. The minimum atomic E-state index is -0.925. The molecule has 1 atom stereocenters. The van der Waals surface area contributed by atoms with Crippen molar-refractivity contribution in [3.05, 3.63) is 41.6 Å². The number of nitrogens with zero attached hydrogens (tertiary/aromatic N) is 2. The van der Waals surface area contributed by atoms with Crippen LogP contribution < -0.4 is 0 Å². The molecule has 0 aliphatic rings. The third kappa shape index (κ3) is 2.42. The molecule has 0 spiro atoms. The Hall–Kier alpha value is -1.55. The fraction of sp³-hybridized carbons (Fsp3) is 0.462. The first-order chi connectivity index (χ1) is 8.03. The highest BCUT2D eigenvalue weighted by Crippen LogP contribution is 2.25. The zero-order valence-corrected chi connectivity index (χ0v) is 10.5. The van der Waals surface area contributed by atoms with E-state index in [0.717, 1.165) is 23.4 Å². The molecule has 0 aromatic carbocycles. The van der Waals surface area contributed by atoms with Crippen molar-refractivity contribution in [1.82, 2.24) is 9.78 Å². The molecule has 17 heavy (non-hydrogen) atoms. The van der Waals surface area contributed by atoms with Crippen molar-refractivity contribution < 1.29 is 9.52 Å². The Morgan fingerprint density at radius 2 is 2.29 bits per heavy atom. The van der Waals surface area contributed by atoms with Gasteiger partial charge in [0.05, 0.1) is 23.8 Å². The molecule has 2 aromatic heterocycles. The van der Waals surface area contributed by atoms with Crippen LogP contribution in [0.5, 0.6) is 0 Å². The SMILES string of the molecule is CCc1cc(CC(C)(O)c2ccoc2)n(C)n1. The Bertz CT molecular complexity index is 483. The highest BCUT2D eigenvalue weighted by atomic mass is 16.3. The summed E-state index contributed by atoms with van der Waals surface area (Å²) in [6, 6.07) is 3.83. The van der Waals surface area contributed by atoms with Gasteiger partial charge in [0.2, 0.25) is 0 Å². The summed E-state index contributed by atoms with van der Waals surface area (Å²) in [5.74, 6) is 0. The van der Waals surface area contributed by atoms with Crippen molar-refractivity contribution in [2.75, 3.05) is 0 Å². The first-order valence-corrected chi connectivity index (χ1v) is 5.80. The van der Waals surface area contributed by atoms with Crippen molar-refractivity contribution >= 4 is 0 Å². The lowest BCUT2D eigenvalue weighted by atomic mass is 9.93. The van der Waals surface area contributed by atoms with Gasteiger partial charge in [-0.2, -0.15) is 5.10 Å². The molecule has 0 aliphatic carbocycles. The number of furan rings is 1. The maximum atomic E-state index is 10.4. The topological polar surface area (TPSA) is 51.2 Å². The molecule has 2 heterocycles. The summed E-state index contributed by atoms with van der Waals surface area (Å²) < 4.78 is 6.84. The number of rotatable bonds is 4. The van der Waals surface area contributed by atoms with Gasteiger partial charge in [-0.1, -0.05) is 6.92 Å². The van der Waals surface area contributed by atoms with Gasteiger partial charge in [-0.05, 0) is 25.5 Å². The fourth-order valence-corrected chi connectivity index (χ4v) is 1.94. The van der Waals surface area contributed by atoms with Crippen molar-refractivity contribution in [3.8, 4) is 0 Å². The van der Waals surface area contributed by atoms with E-state index in [1.165, 1.54) is 0 Å². The van der Waals surface area contributed by atoms with Crippen LogP contribution in [-0.4, -0.2) is 14.9 Å². The van der Waals surface area contributed by atoms with Gasteiger partial charge in [-0.15, -0.1) is 0 Å². The Balaban J connectivity index is 2.22. The first-order valence-electron chi connectivity index (χ1n) is 5.80. The van der Waals surface area contributed by atoms with Crippen LogP contribution in [0.1, 0.15) is 30.8 Å². The highest BCUT2D eigenvalue weighted by Gasteiger charge is 2.26. The van der Waals surface area contributed by atoms with Crippen LogP contribution in [-0.2, 0) is 25.5 Å². The summed E-state index contributed by atoms with van der Waals surface area (Å²) in [5.41, 5.74) is 1.93. The second-order valence-electron chi connectivity index (χ2n) is 4.57. The van der Waals surface area contributed by atoms with E-state index in [2.05, 4.69) is 12.0 Å². The molecule has 0 amide bonds. The van der Waals surface area contributed by atoms with E-state index in [1.807, 2.05) is 17.8 Å². The summed E-state index contributed by atoms with van der Waals surface area (Å²) >= 11 is 0. The molecule has 1 unspecified atom stereocenters. The van der Waals surface area contributed by atoms with Crippen LogP contribution in [0.25, 0.3) is 0 Å². The fourth-order valence-electron chi connectivity index (χ4n) is 1.94. The number of aryl methyl sites for hydroxylation is 2. The van der Waals surface area contributed by atoms with Crippen LogP contribution in [0.2, 0.25) is 0 Å². The molecule has 1 N–H and O–H groups in total. The van der Waals surface area contributed by atoms with Crippen LogP contribution in [0.15, 0.2) is 29.1 Å². The van der Waals surface area contributed by atoms with E-state index < -0.39 is 5.60 Å². The molecule has 0 fully saturated rings. The van der Waals surface area contributed by atoms with Gasteiger partial charge in [0.15, 0.2) is 0 Å². The van der Waals surface area contributed by atoms with Crippen molar-refractivity contribution in [2.45, 2.75) is 32.3 Å². The maximum absolute atomic E-state index is 10.4. The molecule has 0 aliphatic heterocycles. The molecule has 0 radical (unpaired) electrons. The van der Waals surface area contributed by atoms with Gasteiger partial charge in [-0.25, -0.2) is 0 Å². The smallest absolute Gasteiger partial charge is 0.0963 e. The largest absolute Gasteiger partial charge is 0.472 e. The van der Waals surface area contributed by atoms with E-state index in [-0.39, 0.29) is 0 Å². The predicted molar refractivity (Wildman–Crippen MR) is 64.6 cm³/mol. The Kier molecular flexibility index (Phi) is 3.07. The third-order valence-corrected chi connectivity index (χ3v) is 3.06. The summed E-state index contributed by atoms with van der Waals surface area (Å²) in [4.78, 5) is 0. The van der Waals surface area contributed by atoms with Gasteiger partial charge in [-0.3, -0.25) is 4.68 Å². The van der Waals surface area contributed by atoms with Gasteiger partial charge in [0, 0.05) is 24.7 Å². The number of hydrogen-bond acceptors (Lipinski definition) is 3. The molecule has 4 heteroatoms. The predicted octanol–water partition coefficient (Wildman–Crippen LogP) is 2.03. The van der Waals surface area contributed by atoms with Crippen molar-refractivity contribution in [1.29, 1.82) is 0 Å². The van der Waals surface area contributed by atoms with Crippen molar-refractivity contribution in [2.24, 2.45) is 7.05 Å². The standard InChI is InChI=1S/C13H18N2O2/c1-4-11-7-12(15(3)14-11)8-13(2,16)10-5-6-17-9-10/h5-7,9,16H,4,8H2,1-3H3. The second kappa shape index (κ2) is 4.37. The molecular formula is C13H18N2O2. The molecular weight excluding hydrogens is 216 g/mol. The average molecular weight is 234 g/mol. The number of aromatic nitrogens is 2. The zero-order chi connectivity index (χ0) is 12.5. The van der Waals surface area contributed by atoms with Crippen LogP contribution >= 0.6 is 0 Å². The molecule has 0 saturated carbocycles. The van der Waals surface area contributed by atoms with Gasteiger partial charge >= 0.3 is 0 Å². The first kappa shape index (κ1) is 11.9. The van der Waals surface area contributed by atoms with Gasteiger partial charge < -0.3 is 9.52 Å². The molecule has 2 aromatic rings. The minimum absolute atomic E-state index is 0.524. The van der Waals surface area contributed by atoms with E-state index in [0.29, 0.717) is 6.42 Å². The molecule has 0 bridgehead atoms. The Morgan fingerprint density at radius 3 is 2.82 bits per heavy atom. The van der Waals surface area contributed by atoms with E-state index in [1.54, 1.807) is 25.5 Å². The lowest BCUT2D eigenvalue weighted by Crippen LogP contribution is -2.24. The number of hydrogen-bond donors (Lipinski definition) is 1. The Labute approximate surface area is 101 Å². The van der Waals surface area contributed by atoms with Crippen molar-refractivity contribution in [3.63, 3.8) is 0 Å². The third-order valence-electron chi connectivity index (χ3n) is 3.06. The summed E-state index contributed by atoms with van der Waals surface area (Å²) in [5, 5.41) is 14.8. The van der Waals surface area contributed by atoms with E-state index >= 15 is 0 Å². The van der Waals surface area contributed by atoms with Crippen LogP contribution in [0, 0.1) is 0 Å². The monoisotopic (exact) mass is 234 g/mol. The minimum Gasteiger partial charge on any atom is -0.472 e. The lowest BCUT2D eigenvalue weighted by molar-refractivity contribution is 0.0550. The second-order valence-corrected chi connectivity index (χ2v) is 4.57. The van der Waals surface area contributed by atoms with Gasteiger partial charge in [0.25, 0.3) is 0 Å². The zero-order valence-electron chi connectivity index (χ0n) is 10.5. The molecule has 2 rings (SSSR count). The number of aliphatic hydroxyl groups is 1. The normalized spacial score (nSPS) is 14.8. The molecule has 92 valence electrons. The lowest BCUT2D eigenvalue weighted by Gasteiger charge is -2.21.